The van der Waals surface area contributed by atoms with Crippen LogP contribution in [0.4, 0.5) is 5.69 Å². The molecule has 9 heteroatoms. The molecular formula is C25H31BrN2O5S. The molecule has 0 aromatic heterocycles. The van der Waals surface area contributed by atoms with Gasteiger partial charge in [0.2, 0.25) is 5.91 Å². The summed E-state index contributed by atoms with van der Waals surface area (Å²) in [4.78, 5) is 43.5. The number of hydrogen-bond donors (Lipinski definition) is 2. The lowest BCUT2D eigenvalue weighted by atomic mass is 9.71. The van der Waals surface area contributed by atoms with Crippen molar-refractivity contribution in [1.82, 2.24) is 4.90 Å². The third-order valence-electron chi connectivity index (χ3n) is 7.35. The second-order valence-corrected chi connectivity index (χ2v) is 12.2. The van der Waals surface area contributed by atoms with Crippen LogP contribution in [0.1, 0.15) is 30.4 Å². The molecule has 2 amide bonds. The van der Waals surface area contributed by atoms with E-state index in [-0.39, 0.29) is 35.0 Å². The second kappa shape index (κ2) is 9.66. The Balaban J connectivity index is 1.80. The minimum Gasteiger partial charge on any atom is -0.481 e. The number of rotatable bonds is 9. The van der Waals surface area contributed by atoms with Crippen LogP contribution in [0.5, 0.6) is 0 Å². The lowest BCUT2D eigenvalue weighted by Crippen LogP contribution is -2.55. The molecule has 1 aromatic rings. The number of amides is 2. The molecule has 3 saturated heterocycles. The van der Waals surface area contributed by atoms with Crippen molar-refractivity contribution in [3.05, 3.63) is 42.0 Å². The number of aliphatic hydroxyl groups excluding tert-OH is 1. The number of benzene rings is 1. The molecule has 1 spiro atoms. The van der Waals surface area contributed by atoms with E-state index >= 15 is 0 Å². The van der Waals surface area contributed by atoms with Crippen molar-refractivity contribution in [2.45, 2.75) is 54.0 Å². The van der Waals surface area contributed by atoms with Gasteiger partial charge in [0.15, 0.2) is 0 Å². The van der Waals surface area contributed by atoms with Gasteiger partial charge in [0.05, 0.1) is 16.6 Å². The third-order valence-corrected chi connectivity index (χ3v) is 10.6. The minimum atomic E-state index is -0.984. The van der Waals surface area contributed by atoms with E-state index in [0.717, 1.165) is 16.8 Å². The van der Waals surface area contributed by atoms with E-state index in [9.17, 15) is 24.6 Å². The number of fused-ring (bicyclic) bond motifs is 1. The molecule has 0 saturated carbocycles. The lowest BCUT2D eigenvalue weighted by molar-refractivity contribution is -0.148. The molecule has 0 radical (unpaired) electrons. The standard InChI is InChI=1S/C25H31BrN2O5S/c1-4-9-27(17-12-14(2)7-8-15(17)3)23(31)21-25-13-16(26)20(34-25)18(24(32)33)19(25)22(30)28(21)10-5-6-11-29/h4,7-8,12,16,18-21,29H,1,5-6,9-11,13H2,2-3H3,(H,32,33)/t16?,18-,19-,20-,21?,25?/m0/s1. The molecule has 184 valence electrons. The number of halogens is 1. The third kappa shape index (κ3) is 3.89. The summed E-state index contributed by atoms with van der Waals surface area (Å²) in [5.41, 5.74) is 2.73. The highest BCUT2D eigenvalue weighted by molar-refractivity contribution is 9.09. The zero-order chi connectivity index (χ0) is 24.8. The maximum Gasteiger partial charge on any atom is 0.308 e. The number of aryl methyl sites for hydroxylation is 2. The summed E-state index contributed by atoms with van der Waals surface area (Å²) < 4.78 is -0.799. The van der Waals surface area contributed by atoms with E-state index in [4.69, 9.17) is 0 Å². The van der Waals surface area contributed by atoms with Crippen LogP contribution in [0.15, 0.2) is 30.9 Å². The first-order valence-electron chi connectivity index (χ1n) is 11.6. The van der Waals surface area contributed by atoms with Crippen LogP contribution in [-0.2, 0) is 14.4 Å². The van der Waals surface area contributed by atoms with Gasteiger partial charge in [0, 0.05) is 35.5 Å². The van der Waals surface area contributed by atoms with Crippen LogP contribution in [0, 0.1) is 25.7 Å². The molecule has 4 rings (SSSR count). The van der Waals surface area contributed by atoms with Gasteiger partial charge in [-0.1, -0.05) is 34.1 Å². The predicted molar refractivity (Wildman–Crippen MR) is 136 cm³/mol. The number of likely N-dealkylation sites (tertiary alicyclic amines) is 1. The van der Waals surface area contributed by atoms with Crippen LogP contribution in [0.2, 0.25) is 0 Å². The van der Waals surface area contributed by atoms with Crippen molar-refractivity contribution in [2.24, 2.45) is 11.8 Å². The van der Waals surface area contributed by atoms with Gasteiger partial charge in [-0.15, -0.1) is 18.3 Å². The van der Waals surface area contributed by atoms with Gasteiger partial charge in [-0.3, -0.25) is 14.4 Å². The van der Waals surface area contributed by atoms with E-state index in [1.54, 1.807) is 15.9 Å². The summed E-state index contributed by atoms with van der Waals surface area (Å²) in [5.74, 6) is -3.00. The molecule has 3 fully saturated rings. The Kier molecular flexibility index (Phi) is 7.18. The molecule has 1 aromatic carbocycles. The second-order valence-electron chi connectivity index (χ2n) is 9.49. The van der Waals surface area contributed by atoms with Gasteiger partial charge in [-0.05, 0) is 50.3 Å². The fourth-order valence-corrected chi connectivity index (χ4v) is 9.52. The number of carboxylic acids is 1. The number of carbonyl (C=O) groups excluding carboxylic acids is 2. The van der Waals surface area contributed by atoms with Crippen molar-refractivity contribution in [1.29, 1.82) is 0 Å². The number of hydrogen-bond acceptors (Lipinski definition) is 5. The first-order valence-corrected chi connectivity index (χ1v) is 13.4. The number of aliphatic carboxylic acids is 1. The van der Waals surface area contributed by atoms with Gasteiger partial charge < -0.3 is 20.0 Å². The first-order chi connectivity index (χ1) is 16.2. The smallest absolute Gasteiger partial charge is 0.308 e. The Morgan fingerprint density at radius 3 is 2.74 bits per heavy atom. The maximum atomic E-state index is 14.4. The summed E-state index contributed by atoms with van der Waals surface area (Å²) in [5, 5.41) is 19.1. The largest absolute Gasteiger partial charge is 0.481 e. The number of nitrogens with zero attached hydrogens (tertiary/aromatic N) is 2. The van der Waals surface area contributed by atoms with E-state index < -0.39 is 28.6 Å². The molecule has 6 atom stereocenters. The SMILES string of the molecule is C=CCN(C(=O)C1N(CCCCO)C(=O)[C@@H]2[C@H](C(=O)O)[C@H]3SC12CC3Br)c1cc(C)ccc1C. The van der Waals surface area contributed by atoms with Crippen molar-refractivity contribution in [3.63, 3.8) is 0 Å². The number of aliphatic hydroxyl groups is 1. The summed E-state index contributed by atoms with van der Waals surface area (Å²) in [6, 6.07) is 5.15. The van der Waals surface area contributed by atoms with Gasteiger partial charge in [0.25, 0.3) is 5.91 Å². The zero-order valence-corrected chi connectivity index (χ0v) is 21.8. The number of anilines is 1. The molecule has 3 aliphatic rings. The normalized spacial score (nSPS) is 31.6. The number of carboxylic acid groups (broad SMARTS) is 1. The molecule has 0 aliphatic carbocycles. The molecule has 2 N–H and O–H groups in total. The molecule has 3 unspecified atom stereocenters. The summed E-state index contributed by atoms with van der Waals surface area (Å²) in [6.45, 7) is 8.36. The summed E-state index contributed by atoms with van der Waals surface area (Å²) >= 11 is 5.16. The Bertz CT molecular complexity index is 1020. The topological polar surface area (TPSA) is 98.2 Å². The number of unbranched alkanes of at least 4 members (excludes halogenated alkanes) is 1. The molecule has 3 heterocycles. The highest BCUT2D eigenvalue weighted by atomic mass is 79.9. The van der Waals surface area contributed by atoms with Gasteiger partial charge in [0.1, 0.15) is 6.04 Å². The Labute approximate surface area is 212 Å². The number of alkyl halides is 1. The molecule has 2 bridgehead atoms. The van der Waals surface area contributed by atoms with Crippen molar-refractivity contribution >= 4 is 51.2 Å². The summed E-state index contributed by atoms with van der Waals surface area (Å²) in [7, 11) is 0. The fraction of sp³-hybridized carbons (Fsp3) is 0.560. The number of thioether (sulfide) groups is 1. The maximum absolute atomic E-state index is 14.4. The Morgan fingerprint density at radius 1 is 1.35 bits per heavy atom. The van der Waals surface area contributed by atoms with E-state index in [1.165, 1.54) is 11.8 Å². The predicted octanol–water partition coefficient (Wildman–Crippen LogP) is 3.14. The van der Waals surface area contributed by atoms with Crippen LogP contribution in [0.25, 0.3) is 0 Å². The lowest BCUT2D eigenvalue weighted by Gasteiger charge is -2.38. The van der Waals surface area contributed by atoms with Gasteiger partial charge in [-0.2, -0.15) is 0 Å². The highest BCUT2D eigenvalue weighted by Crippen LogP contribution is 2.67. The van der Waals surface area contributed by atoms with Crippen LogP contribution in [0.3, 0.4) is 0 Å². The average Bonchev–Trinajstić information content (AvgIpc) is 3.37. The van der Waals surface area contributed by atoms with Crippen molar-refractivity contribution in [3.8, 4) is 0 Å². The Morgan fingerprint density at radius 2 is 2.09 bits per heavy atom. The van der Waals surface area contributed by atoms with Crippen molar-refractivity contribution < 1.29 is 24.6 Å². The molecular weight excluding hydrogens is 520 g/mol. The van der Waals surface area contributed by atoms with E-state index in [2.05, 4.69) is 22.5 Å². The molecule has 34 heavy (non-hydrogen) atoms. The van der Waals surface area contributed by atoms with E-state index in [1.807, 2.05) is 32.0 Å². The molecule has 3 aliphatic heterocycles. The highest BCUT2D eigenvalue weighted by Gasteiger charge is 2.76. The van der Waals surface area contributed by atoms with Gasteiger partial charge >= 0.3 is 5.97 Å². The van der Waals surface area contributed by atoms with Gasteiger partial charge in [-0.25, -0.2) is 0 Å². The van der Waals surface area contributed by atoms with E-state index in [0.29, 0.717) is 25.8 Å². The van der Waals surface area contributed by atoms with Crippen molar-refractivity contribution in [2.75, 3.05) is 24.6 Å². The quantitative estimate of drug-likeness (QED) is 0.278. The van der Waals surface area contributed by atoms with Crippen LogP contribution >= 0.6 is 27.7 Å². The molecule has 7 nitrogen and oxygen atoms in total. The number of carbonyl (C=O) groups is 3. The minimum absolute atomic E-state index is 0.00165. The monoisotopic (exact) mass is 550 g/mol. The van der Waals surface area contributed by atoms with Crippen LogP contribution in [-0.4, -0.2) is 73.5 Å². The zero-order valence-electron chi connectivity index (χ0n) is 19.4. The Hall–Kier alpha value is -1.84. The summed E-state index contributed by atoms with van der Waals surface area (Å²) in [6.07, 6.45) is 3.29. The van der Waals surface area contributed by atoms with Crippen LogP contribution < -0.4 is 4.90 Å². The average molecular weight is 552 g/mol. The first kappa shape index (κ1) is 25.3. The fourth-order valence-electron chi connectivity index (χ4n) is 5.92.